The van der Waals surface area contributed by atoms with E-state index >= 15 is 0 Å². The Labute approximate surface area is 97.3 Å². The van der Waals surface area contributed by atoms with Gasteiger partial charge in [-0.15, -0.1) is 0 Å². The molecule has 4 heteroatoms. The zero-order valence-corrected chi connectivity index (χ0v) is 9.09. The molecule has 0 aromatic carbocycles. The summed E-state index contributed by atoms with van der Waals surface area (Å²) in [7, 11) is 0. The van der Waals surface area contributed by atoms with Gasteiger partial charge in [0.2, 0.25) is 0 Å². The molecule has 0 saturated heterocycles. The van der Waals surface area contributed by atoms with Crippen LogP contribution in [0.3, 0.4) is 0 Å². The van der Waals surface area contributed by atoms with Crippen molar-refractivity contribution in [1.29, 1.82) is 0 Å². The summed E-state index contributed by atoms with van der Waals surface area (Å²) in [5.41, 5.74) is 1.78. The van der Waals surface area contributed by atoms with Crippen molar-refractivity contribution >= 4 is 17.1 Å². The second-order valence-electron chi connectivity index (χ2n) is 3.41. The Morgan fingerprint density at radius 3 is 2.75 bits per heavy atom. The molecule has 0 bridgehead atoms. The van der Waals surface area contributed by atoms with Crippen molar-refractivity contribution in [3.63, 3.8) is 0 Å². The summed E-state index contributed by atoms with van der Waals surface area (Å²) in [5.74, 6) is 0.765. The highest BCUT2D eigenvalue weighted by molar-refractivity contribution is 6.29. The minimum absolute atomic E-state index is 0.635. The van der Waals surface area contributed by atoms with E-state index in [1.165, 1.54) is 0 Å². The van der Waals surface area contributed by atoms with Crippen LogP contribution in [0.1, 0.15) is 0 Å². The van der Waals surface area contributed by atoms with Crippen molar-refractivity contribution in [2.45, 2.75) is 0 Å². The van der Waals surface area contributed by atoms with Crippen molar-refractivity contribution in [2.75, 3.05) is 0 Å². The number of hydrogen-bond donors (Lipinski definition) is 0. The monoisotopic (exact) mass is 229 g/mol. The Morgan fingerprint density at radius 2 is 1.94 bits per heavy atom. The minimum atomic E-state index is 0.635. The normalized spacial score (nSPS) is 10.8. The second kappa shape index (κ2) is 3.61. The first-order valence-electron chi connectivity index (χ1n) is 4.89. The predicted molar refractivity (Wildman–Crippen MR) is 63.4 cm³/mol. The Balaban J connectivity index is 2.33. The van der Waals surface area contributed by atoms with Crippen LogP contribution < -0.4 is 0 Å². The average molecular weight is 230 g/mol. The van der Waals surface area contributed by atoms with E-state index in [4.69, 9.17) is 11.6 Å². The van der Waals surface area contributed by atoms with Gasteiger partial charge in [-0.2, -0.15) is 0 Å². The van der Waals surface area contributed by atoms with Gasteiger partial charge in [-0.25, -0.2) is 4.98 Å². The topological polar surface area (TPSA) is 30.2 Å². The van der Waals surface area contributed by atoms with E-state index < -0.39 is 0 Å². The van der Waals surface area contributed by atoms with Crippen LogP contribution in [0.5, 0.6) is 0 Å². The number of nitrogens with zero attached hydrogens (tertiary/aromatic N) is 3. The molecule has 0 unspecified atom stereocenters. The molecule has 16 heavy (non-hydrogen) atoms. The molecule has 0 spiro atoms. The van der Waals surface area contributed by atoms with Crippen LogP contribution in [0.15, 0.2) is 48.8 Å². The number of rotatable bonds is 1. The first-order valence-corrected chi connectivity index (χ1v) is 5.27. The van der Waals surface area contributed by atoms with E-state index in [0.717, 1.165) is 17.0 Å². The molecular weight excluding hydrogens is 222 g/mol. The fraction of sp³-hybridized carbons (Fsp3) is 0. The third-order valence-corrected chi connectivity index (χ3v) is 2.69. The Morgan fingerprint density at radius 1 is 1.00 bits per heavy atom. The Kier molecular flexibility index (Phi) is 2.11. The summed E-state index contributed by atoms with van der Waals surface area (Å²) in [6.07, 6.45) is 3.53. The van der Waals surface area contributed by atoms with Gasteiger partial charge in [-0.05, 0) is 24.3 Å². The van der Waals surface area contributed by atoms with Crippen LogP contribution >= 0.6 is 11.6 Å². The summed E-state index contributed by atoms with van der Waals surface area (Å²) in [6.45, 7) is 0. The predicted octanol–water partition coefficient (Wildman–Crippen LogP) is 3.05. The number of hydrogen-bond acceptors (Lipinski definition) is 2. The van der Waals surface area contributed by atoms with Crippen molar-refractivity contribution in [3.05, 3.63) is 53.9 Å². The molecule has 3 aromatic heterocycles. The lowest BCUT2D eigenvalue weighted by atomic mass is 10.3. The van der Waals surface area contributed by atoms with Crippen LogP contribution in [0, 0.1) is 0 Å². The molecule has 0 fully saturated rings. The standard InChI is InChI=1S/C12H8ClN3/c13-11-6-3-4-9-8-15-12(16(9)11)10-5-1-2-7-14-10/h1-8H. The van der Waals surface area contributed by atoms with Gasteiger partial charge in [0.25, 0.3) is 0 Å². The van der Waals surface area contributed by atoms with E-state index in [0.29, 0.717) is 5.15 Å². The molecule has 0 aliphatic carbocycles. The maximum absolute atomic E-state index is 6.15. The number of pyridine rings is 2. The fourth-order valence-corrected chi connectivity index (χ4v) is 1.93. The molecule has 3 rings (SSSR count). The van der Waals surface area contributed by atoms with Gasteiger partial charge in [0.1, 0.15) is 10.8 Å². The Hall–Kier alpha value is -1.87. The zero-order valence-electron chi connectivity index (χ0n) is 8.34. The molecule has 3 heterocycles. The van der Waals surface area contributed by atoms with Crippen LogP contribution in [-0.4, -0.2) is 14.4 Å². The molecular formula is C12H8ClN3. The van der Waals surface area contributed by atoms with E-state index in [2.05, 4.69) is 9.97 Å². The highest BCUT2D eigenvalue weighted by Gasteiger charge is 2.08. The number of fused-ring (bicyclic) bond motifs is 1. The van der Waals surface area contributed by atoms with Crippen molar-refractivity contribution in [1.82, 2.24) is 14.4 Å². The summed E-state index contributed by atoms with van der Waals surface area (Å²) in [4.78, 5) is 8.61. The van der Waals surface area contributed by atoms with Gasteiger partial charge in [0, 0.05) is 6.20 Å². The maximum atomic E-state index is 6.15. The van der Waals surface area contributed by atoms with E-state index in [1.54, 1.807) is 12.4 Å². The number of imidazole rings is 1. The van der Waals surface area contributed by atoms with Crippen molar-refractivity contribution in [3.8, 4) is 11.5 Å². The first-order chi connectivity index (χ1) is 7.86. The van der Waals surface area contributed by atoms with Gasteiger partial charge in [-0.1, -0.05) is 23.7 Å². The number of halogens is 1. The van der Waals surface area contributed by atoms with Gasteiger partial charge in [-0.3, -0.25) is 9.38 Å². The van der Waals surface area contributed by atoms with E-state index in [1.807, 2.05) is 40.8 Å². The first kappa shape index (κ1) is 9.36. The van der Waals surface area contributed by atoms with E-state index in [9.17, 15) is 0 Å². The van der Waals surface area contributed by atoms with Crippen LogP contribution in [0.4, 0.5) is 0 Å². The molecule has 3 aromatic rings. The molecule has 0 atom stereocenters. The zero-order chi connectivity index (χ0) is 11.0. The smallest absolute Gasteiger partial charge is 0.164 e. The third kappa shape index (κ3) is 1.37. The molecule has 0 saturated carbocycles. The highest BCUT2D eigenvalue weighted by Crippen LogP contribution is 2.21. The van der Waals surface area contributed by atoms with Crippen LogP contribution in [-0.2, 0) is 0 Å². The second-order valence-corrected chi connectivity index (χ2v) is 3.79. The number of aromatic nitrogens is 3. The summed E-state index contributed by atoms with van der Waals surface area (Å²) < 4.78 is 1.88. The molecule has 78 valence electrons. The van der Waals surface area contributed by atoms with Crippen molar-refractivity contribution < 1.29 is 0 Å². The molecule has 0 aliphatic heterocycles. The van der Waals surface area contributed by atoms with Gasteiger partial charge < -0.3 is 0 Å². The molecule has 0 radical (unpaired) electrons. The van der Waals surface area contributed by atoms with Crippen LogP contribution in [0.2, 0.25) is 5.15 Å². The van der Waals surface area contributed by atoms with Gasteiger partial charge in [0.05, 0.1) is 11.7 Å². The highest BCUT2D eigenvalue weighted by atomic mass is 35.5. The van der Waals surface area contributed by atoms with E-state index in [-0.39, 0.29) is 0 Å². The largest absolute Gasteiger partial charge is 0.282 e. The lowest BCUT2D eigenvalue weighted by Crippen LogP contribution is -1.92. The van der Waals surface area contributed by atoms with Gasteiger partial charge in [0.15, 0.2) is 5.82 Å². The minimum Gasteiger partial charge on any atom is -0.282 e. The lowest BCUT2D eigenvalue weighted by Gasteiger charge is -2.02. The van der Waals surface area contributed by atoms with Crippen LogP contribution in [0.25, 0.3) is 17.0 Å². The molecule has 3 nitrogen and oxygen atoms in total. The third-order valence-electron chi connectivity index (χ3n) is 2.40. The summed E-state index contributed by atoms with van der Waals surface area (Å²) in [5, 5.41) is 0.635. The SMILES string of the molecule is Clc1cccc2cnc(-c3ccccn3)n12. The molecule has 0 amide bonds. The summed E-state index contributed by atoms with van der Waals surface area (Å²) in [6, 6.07) is 11.4. The molecule has 0 N–H and O–H groups in total. The summed E-state index contributed by atoms with van der Waals surface area (Å²) >= 11 is 6.15. The van der Waals surface area contributed by atoms with Gasteiger partial charge >= 0.3 is 0 Å². The Bertz CT molecular complexity index is 631. The lowest BCUT2D eigenvalue weighted by molar-refractivity contribution is 1.13. The quantitative estimate of drug-likeness (QED) is 0.601. The maximum Gasteiger partial charge on any atom is 0.164 e. The molecule has 0 aliphatic rings. The fourth-order valence-electron chi connectivity index (χ4n) is 1.68. The average Bonchev–Trinajstić information content (AvgIpc) is 2.75. The van der Waals surface area contributed by atoms with Crippen molar-refractivity contribution in [2.24, 2.45) is 0 Å².